The van der Waals surface area contributed by atoms with Crippen LogP contribution < -0.4 is 0 Å². The van der Waals surface area contributed by atoms with E-state index in [9.17, 15) is 4.79 Å². The normalized spacial score (nSPS) is 21.0. The Bertz CT molecular complexity index is 349. The van der Waals surface area contributed by atoms with Gasteiger partial charge < -0.3 is 10.0 Å². The van der Waals surface area contributed by atoms with E-state index < -0.39 is 0 Å². The number of hydrogen-bond acceptors (Lipinski definition) is 4. The van der Waals surface area contributed by atoms with Crippen molar-refractivity contribution in [1.82, 2.24) is 14.7 Å². The molecule has 0 unspecified atom stereocenters. The number of allylic oxidation sites excluding steroid dienone is 2. The van der Waals surface area contributed by atoms with Gasteiger partial charge in [-0.2, -0.15) is 0 Å². The lowest BCUT2D eigenvalue weighted by Gasteiger charge is -2.35. The molecule has 0 saturated carbocycles. The van der Waals surface area contributed by atoms with Crippen molar-refractivity contribution < 1.29 is 9.90 Å². The molecule has 2 aliphatic rings. The molecule has 1 aliphatic heterocycles. The molecule has 0 aromatic carbocycles. The molecule has 1 heterocycles. The van der Waals surface area contributed by atoms with Crippen molar-refractivity contribution in [3.63, 3.8) is 0 Å². The first kappa shape index (κ1) is 15.5. The molecule has 0 aromatic heterocycles. The van der Waals surface area contributed by atoms with Crippen LogP contribution in [0.2, 0.25) is 0 Å². The molecule has 1 amide bonds. The van der Waals surface area contributed by atoms with Crippen LogP contribution in [0.4, 0.5) is 0 Å². The van der Waals surface area contributed by atoms with Crippen molar-refractivity contribution >= 4 is 5.91 Å². The summed E-state index contributed by atoms with van der Waals surface area (Å²) in [7, 11) is 0. The number of rotatable bonds is 6. The summed E-state index contributed by atoms with van der Waals surface area (Å²) in [5, 5.41) is 8.93. The topological polar surface area (TPSA) is 47.0 Å². The molecule has 1 N–H and O–H groups in total. The molecule has 0 spiro atoms. The number of β-amino-alcohol motifs (C(OH)–C–C–N with tert-alkyl or cyclic N) is 1. The Kier molecular flexibility index (Phi) is 6.01. The number of piperazine rings is 1. The maximum absolute atomic E-state index is 12.4. The van der Waals surface area contributed by atoms with Crippen LogP contribution in [-0.4, -0.2) is 78.1 Å². The van der Waals surface area contributed by atoms with E-state index in [4.69, 9.17) is 5.11 Å². The van der Waals surface area contributed by atoms with Gasteiger partial charge in [-0.15, -0.1) is 0 Å². The number of hydrogen-bond donors (Lipinski definition) is 1. The maximum Gasteiger partial charge on any atom is 0.240 e. The van der Waals surface area contributed by atoms with Crippen molar-refractivity contribution in [3.8, 4) is 0 Å². The van der Waals surface area contributed by atoms with Crippen LogP contribution in [0.3, 0.4) is 0 Å². The van der Waals surface area contributed by atoms with Crippen LogP contribution >= 0.6 is 0 Å². The molecule has 1 fully saturated rings. The van der Waals surface area contributed by atoms with Gasteiger partial charge in [-0.05, 0) is 26.2 Å². The van der Waals surface area contributed by atoms with Crippen molar-refractivity contribution in [1.29, 1.82) is 0 Å². The van der Waals surface area contributed by atoms with E-state index in [2.05, 4.69) is 22.8 Å². The van der Waals surface area contributed by atoms with Crippen LogP contribution in [0.5, 0.6) is 0 Å². The molecule has 1 saturated heterocycles. The highest BCUT2D eigenvalue weighted by Crippen LogP contribution is 2.21. The van der Waals surface area contributed by atoms with E-state index in [0.717, 1.165) is 52.1 Å². The predicted octanol–water partition coefficient (Wildman–Crippen LogP) is 0.513. The second kappa shape index (κ2) is 7.76. The van der Waals surface area contributed by atoms with Gasteiger partial charge in [0.1, 0.15) is 0 Å². The van der Waals surface area contributed by atoms with Crippen LogP contribution in [0.1, 0.15) is 26.2 Å². The highest BCUT2D eigenvalue weighted by atomic mass is 16.3. The molecule has 1 aliphatic carbocycles. The van der Waals surface area contributed by atoms with Gasteiger partial charge in [0.25, 0.3) is 0 Å². The molecule has 5 heteroatoms. The summed E-state index contributed by atoms with van der Waals surface area (Å²) in [6, 6.07) is 0. The average Bonchev–Trinajstić information content (AvgIpc) is 2.96. The third-order valence-corrected chi connectivity index (χ3v) is 4.22. The van der Waals surface area contributed by atoms with E-state index in [0.29, 0.717) is 6.54 Å². The maximum atomic E-state index is 12.4. The Hall–Kier alpha value is -0.910. The highest BCUT2D eigenvalue weighted by Gasteiger charge is 2.23. The Labute approximate surface area is 121 Å². The van der Waals surface area contributed by atoms with Gasteiger partial charge in [0.2, 0.25) is 5.91 Å². The van der Waals surface area contributed by atoms with Crippen LogP contribution in [-0.2, 0) is 4.79 Å². The SMILES string of the molecule is CCN(C(=O)CN1CCN(CCO)CC1)C1=CCCC1. The summed E-state index contributed by atoms with van der Waals surface area (Å²) >= 11 is 0. The van der Waals surface area contributed by atoms with Crippen LogP contribution in [0.15, 0.2) is 11.8 Å². The summed E-state index contributed by atoms with van der Waals surface area (Å²) in [4.78, 5) is 18.9. The van der Waals surface area contributed by atoms with Gasteiger partial charge in [0, 0.05) is 45.0 Å². The van der Waals surface area contributed by atoms with Gasteiger partial charge in [-0.3, -0.25) is 14.6 Å². The minimum Gasteiger partial charge on any atom is -0.395 e. The minimum atomic E-state index is 0.219. The number of amides is 1. The first-order valence-corrected chi connectivity index (χ1v) is 7.79. The fourth-order valence-electron chi connectivity index (χ4n) is 3.03. The van der Waals surface area contributed by atoms with E-state index in [1.165, 1.54) is 12.1 Å². The molecular formula is C15H27N3O2. The second-order valence-electron chi connectivity index (χ2n) is 5.57. The third kappa shape index (κ3) is 4.04. The molecule has 5 nitrogen and oxygen atoms in total. The number of carbonyl (C=O) groups is 1. The number of nitrogens with zero attached hydrogens (tertiary/aromatic N) is 3. The molecule has 0 radical (unpaired) electrons. The van der Waals surface area contributed by atoms with Gasteiger partial charge >= 0.3 is 0 Å². The van der Waals surface area contributed by atoms with Crippen molar-refractivity contribution in [2.24, 2.45) is 0 Å². The zero-order valence-electron chi connectivity index (χ0n) is 12.6. The molecule has 20 heavy (non-hydrogen) atoms. The number of likely N-dealkylation sites (N-methyl/N-ethyl adjacent to an activating group) is 1. The number of aliphatic hydroxyl groups is 1. The van der Waals surface area contributed by atoms with Crippen LogP contribution in [0, 0.1) is 0 Å². The Morgan fingerprint density at radius 3 is 2.55 bits per heavy atom. The fourth-order valence-corrected chi connectivity index (χ4v) is 3.03. The smallest absolute Gasteiger partial charge is 0.240 e. The van der Waals surface area contributed by atoms with E-state index in [1.807, 2.05) is 4.90 Å². The van der Waals surface area contributed by atoms with Crippen molar-refractivity contribution in [2.45, 2.75) is 26.2 Å². The first-order chi connectivity index (χ1) is 9.74. The third-order valence-electron chi connectivity index (χ3n) is 4.22. The number of aliphatic hydroxyl groups excluding tert-OH is 1. The Morgan fingerprint density at radius 2 is 2.00 bits per heavy atom. The molecule has 0 bridgehead atoms. The lowest BCUT2D eigenvalue weighted by molar-refractivity contribution is -0.130. The summed E-state index contributed by atoms with van der Waals surface area (Å²) in [5.41, 5.74) is 1.22. The summed E-state index contributed by atoms with van der Waals surface area (Å²) in [5.74, 6) is 0.233. The number of carbonyl (C=O) groups excluding carboxylic acids is 1. The largest absolute Gasteiger partial charge is 0.395 e. The first-order valence-electron chi connectivity index (χ1n) is 7.79. The Balaban J connectivity index is 1.79. The predicted molar refractivity (Wildman–Crippen MR) is 79.3 cm³/mol. The molecule has 114 valence electrons. The highest BCUT2D eigenvalue weighted by molar-refractivity contribution is 5.80. The van der Waals surface area contributed by atoms with Gasteiger partial charge in [0.05, 0.1) is 13.2 Å². The molecule has 0 atom stereocenters. The Morgan fingerprint density at radius 1 is 1.30 bits per heavy atom. The zero-order chi connectivity index (χ0) is 14.4. The van der Waals surface area contributed by atoms with E-state index in [-0.39, 0.29) is 12.5 Å². The summed E-state index contributed by atoms with van der Waals surface area (Å²) < 4.78 is 0. The van der Waals surface area contributed by atoms with Gasteiger partial charge in [0.15, 0.2) is 0 Å². The van der Waals surface area contributed by atoms with E-state index >= 15 is 0 Å². The fraction of sp³-hybridized carbons (Fsp3) is 0.800. The average molecular weight is 281 g/mol. The zero-order valence-corrected chi connectivity index (χ0v) is 12.6. The summed E-state index contributed by atoms with van der Waals surface area (Å²) in [6.45, 7) is 8.05. The second-order valence-corrected chi connectivity index (χ2v) is 5.57. The van der Waals surface area contributed by atoms with E-state index in [1.54, 1.807) is 0 Å². The van der Waals surface area contributed by atoms with Gasteiger partial charge in [-0.1, -0.05) is 6.08 Å². The quantitative estimate of drug-likeness (QED) is 0.771. The van der Waals surface area contributed by atoms with Gasteiger partial charge in [-0.25, -0.2) is 0 Å². The van der Waals surface area contributed by atoms with Crippen LogP contribution in [0.25, 0.3) is 0 Å². The summed E-state index contributed by atoms with van der Waals surface area (Å²) in [6.07, 6.45) is 5.54. The monoisotopic (exact) mass is 281 g/mol. The molecule has 0 aromatic rings. The molecular weight excluding hydrogens is 254 g/mol. The van der Waals surface area contributed by atoms with Crippen molar-refractivity contribution in [3.05, 3.63) is 11.8 Å². The van der Waals surface area contributed by atoms with Crippen molar-refractivity contribution in [2.75, 3.05) is 52.4 Å². The minimum absolute atomic E-state index is 0.219. The molecule has 2 rings (SSSR count). The standard InChI is InChI=1S/C15H27N3O2/c1-2-18(14-5-3-4-6-14)15(20)13-17-9-7-16(8-10-17)11-12-19/h5,19H,2-4,6-13H2,1H3. The lowest BCUT2D eigenvalue weighted by atomic mass is 10.2. The lowest BCUT2D eigenvalue weighted by Crippen LogP contribution is -2.50.